The van der Waals surface area contributed by atoms with Gasteiger partial charge < -0.3 is 9.16 Å². The molecule has 0 aliphatic heterocycles. The summed E-state index contributed by atoms with van der Waals surface area (Å²) in [7, 11) is -1.10. The molecule has 0 saturated heterocycles. The van der Waals surface area contributed by atoms with Crippen LogP contribution in [0.2, 0.25) is 12.1 Å². The summed E-state index contributed by atoms with van der Waals surface area (Å²) >= 11 is 0. The number of hydrogen-bond acceptors (Lipinski definition) is 3. The van der Waals surface area contributed by atoms with Gasteiger partial charge in [-0.25, -0.2) is 4.79 Å². The fourth-order valence-corrected chi connectivity index (χ4v) is 4.53. The first kappa shape index (κ1) is 16.4. The monoisotopic (exact) mass is 258 g/mol. The van der Waals surface area contributed by atoms with Crippen molar-refractivity contribution in [3.05, 3.63) is 12.7 Å². The van der Waals surface area contributed by atoms with Gasteiger partial charge in [0.25, 0.3) is 0 Å². The van der Waals surface area contributed by atoms with Crippen LogP contribution in [0.5, 0.6) is 0 Å². The van der Waals surface area contributed by atoms with Gasteiger partial charge in [-0.3, -0.25) is 0 Å². The molecule has 0 aromatic heterocycles. The van der Waals surface area contributed by atoms with E-state index in [1.54, 1.807) is 0 Å². The fraction of sp³-hybridized carbons (Fsp3) is 0.769. The van der Waals surface area contributed by atoms with Crippen LogP contribution in [0.25, 0.3) is 0 Å². The summed E-state index contributed by atoms with van der Waals surface area (Å²) in [5.74, 6) is 0.412. The van der Waals surface area contributed by atoms with E-state index in [0.29, 0.717) is 6.61 Å². The van der Waals surface area contributed by atoms with Crippen molar-refractivity contribution in [1.82, 2.24) is 0 Å². The van der Waals surface area contributed by atoms with Crippen LogP contribution in [0.15, 0.2) is 12.7 Å². The lowest BCUT2D eigenvalue weighted by Gasteiger charge is -2.18. The minimum absolute atomic E-state index is 0.332. The molecule has 0 N–H and O–H groups in total. The van der Waals surface area contributed by atoms with Gasteiger partial charge in [0.1, 0.15) is 0 Å². The van der Waals surface area contributed by atoms with Gasteiger partial charge in [0, 0.05) is 12.7 Å². The molecule has 0 bridgehead atoms. The molecule has 0 aliphatic rings. The highest BCUT2D eigenvalue weighted by Gasteiger charge is 2.14. The number of carbonyl (C=O) groups is 1. The summed E-state index contributed by atoms with van der Waals surface area (Å²) < 4.78 is 10.8. The minimum Gasteiger partial charge on any atom is -0.463 e. The Balaban J connectivity index is 3.76. The lowest BCUT2D eigenvalue weighted by Crippen LogP contribution is -2.21. The Bertz CT molecular complexity index is 219. The van der Waals surface area contributed by atoms with E-state index in [1.165, 1.54) is 18.5 Å². The number of esters is 1. The van der Waals surface area contributed by atoms with Gasteiger partial charge in [-0.05, 0) is 31.4 Å². The Kier molecular flexibility index (Phi) is 10.2. The van der Waals surface area contributed by atoms with E-state index in [9.17, 15) is 4.79 Å². The molecule has 0 spiro atoms. The Morgan fingerprint density at radius 2 is 2.18 bits per heavy atom. The Labute approximate surface area is 107 Å². The second kappa shape index (κ2) is 10.5. The summed E-state index contributed by atoms with van der Waals surface area (Å²) in [6, 6.07) is 2.31. The van der Waals surface area contributed by atoms with Crippen LogP contribution in [0.3, 0.4) is 0 Å². The highest BCUT2D eigenvalue weighted by molar-refractivity contribution is 6.51. The molecule has 3 nitrogen and oxygen atoms in total. The van der Waals surface area contributed by atoms with Gasteiger partial charge >= 0.3 is 5.97 Å². The van der Waals surface area contributed by atoms with E-state index in [-0.39, 0.29) is 5.97 Å². The standard InChI is InChI=1S/C13H26O3Si/c1-5-12(4)11-17(16-7-3)10-8-9-15-13(14)6-2/h6,12,17H,2,5,7-11H2,1,3-4H3. The lowest BCUT2D eigenvalue weighted by molar-refractivity contribution is -0.137. The second-order valence-corrected chi connectivity index (χ2v) is 6.97. The molecule has 0 radical (unpaired) electrons. The molecule has 17 heavy (non-hydrogen) atoms. The van der Waals surface area contributed by atoms with Crippen LogP contribution in [-0.2, 0) is 14.0 Å². The molecule has 0 aromatic carbocycles. The molecule has 0 fully saturated rings. The Hall–Kier alpha value is -0.613. The molecule has 4 heteroatoms. The maximum Gasteiger partial charge on any atom is 0.330 e. The van der Waals surface area contributed by atoms with Crippen LogP contribution in [0.1, 0.15) is 33.6 Å². The van der Waals surface area contributed by atoms with Crippen molar-refractivity contribution in [3.63, 3.8) is 0 Å². The van der Waals surface area contributed by atoms with Crippen molar-refractivity contribution in [2.45, 2.75) is 45.7 Å². The van der Waals surface area contributed by atoms with E-state index in [0.717, 1.165) is 25.0 Å². The van der Waals surface area contributed by atoms with Crippen molar-refractivity contribution in [2.24, 2.45) is 5.92 Å². The first-order valence-corrected chi connectivity index (χ1v) is 8.65. The topological polar surface area (TPSA) is 35.5 Å². The number of ether oxygens (including phenoxy) is 1. The largest absolute Gasteiger partial charge is 0.463 e. The van der Waals surface area contributed by atoms with Crippen LogP contribution in [0, 0.1) is 5.92 Å². The molecule has 0 rings (SSSR count). The zero-order valence-corrected chi connectivity index (χ0v) is 12.6. The molecule has 2 unspecified atom stereocenters. The maximum absolute atomic E-state index is 10.8. The zero-order chi connectivity index (χ0) is 13.1. The molecule has 0 heterocycles. The third-order valence-corrected chi connectivity index (χ3v) is 6.03. The van der Waals surface area contributed by atoms with Crippen molar-refractivity contribution in [3.8, 4) is 0 Å². The third kappa shape index (κ3) is 9.12. The lowest BCUT2D eigenvalue weighted by atomic mass is 10.2. The average Bonchev–Trinajstić information content (AvgIpc) is 2.34. The SMILES string of the molecule is C=CC(=O)OCCC[SiH](CC(C)CC)OCC. The molecule has 0 aliphatic carbocycles. The summed E-state index contributed by atoms with van der Waals surface area (Å²) in [6.45, 7) is 11.2. The first-order chi connectivity index (χ1) is 8.13. The van der Waals surface area contributed by atoms with E-state index in [4.69, 9.17) is 9.16 Å². The van der Waals surface area contributed by atoms with Gasteiger partial charge in [-0.15, -0.1) is 0 Å². The van der Waals surface area contributed by atoms with Crippen molar-refractivity contribution in [1.29, 1.82) is 0 Å². The Morgan fingerprint density at radius 3 is 2.71 bits per heavy atom. The molecule has 2 atom stereocenters. The predicted octanol–water partition coefficient (Wildman–Crippen LogP) is 2.91. The highest BCUT2D eigenvalue weighted by Crippen LogP contribution is 2.15. The van der Waals surface area contributed by atoms with Crippen molar-refractivity contribution < 1.29 is 14.0 Å². The molecule has 0 saturated carbocycles. The minimum atomic E-state index is -1.10. The third-order valence-electron chi connectivity index (χ3n) is 2.85. The van der Waals surface area contributed by atoms with Crippen LogP contribution in [0.4, 0.5) is 0 Å². The first-order valence-electron chi connectivity index (χ1n) is 6.54. The smallest absolute Gasteiger partial charge is 0.330 e. The van der Waals surface area contributed by atoms with Crippen molar-refractivity contribution in [2.75, 3.05) is 13.2 Å². The van der Waals surface area contributed by atoms with Crippen LogP contribution in [-0.4, -0.2) is 28.2 Å². The number of hydrogen-bond donors (Lipinski definition) is 0. The molecular formula is C13H26O3Si. The van der Waals surface area contributed by atoms with Gasteiger partial charge in [0.05, 0.1) is 6.61 Å². The zero-order valence-electron chi connectivity index (χ0n) is 11.4. The van der Waals surface area contributed by atoms with Gasteiger partial charge in [-0.2, -0.15) is 0 Å². The number of rotatable bonds is 10. The van der Waals surface area contributed by atoms with Crippen LogP contribution >= 0.6 is 0 Å². The Morgan fingerprint density at radius 1 is 1.47 bits per heavy atom. The quantitative estimate of drug-likeness (QED) is 0.262. The van der Waals surface area contributed by atoms with E-state index >= 15 is 0 Å². The van der Waals surface area contributed by atoms with E-state index in [2.05, 4.69) is 20.4 Å². The van der Waals surface area contributed by atoms with E-state index in [1.807, 2.05) is 6.92 Å². The fourth-order valence-electron chi connectivity index (χ4n) is 1.66. The van der Waals surface area contributed by atoms with E-state index < -0.39 is 9.04 Å². The summed E-state index contributed by atoms with van der Waals surface area (Å²) in [6.07, 6.45) is 3.32. The molecule has 100 valence electrons. The summed E-state index contributed by atoms with van der Waals surface area (Å²) in [5, 5.41) is 0. The van der Waals surface area contributed by atoms with Crippen LogP contribution < -0.4 is 0 Å². The summed E-state index contributed by atoms with van der Waals surface area (Å²) in [4.78, 5) is 10.8. The predicted molar refractivity (Wildman–Crippen MR) is 73.6 cm³/mol. The van der Waals surface area contributed by atoms with Gasteiger partial charge in [0.2, 0.25) is 0 Å². The van der Waals surface area contributed by atoms with Crippen molar-refractivity contribution >= 4 is 15.0 Å². The second-order valence-electron chi connectivity index (χ2n) is 4.34. The summed E-state index contributed by atoms with van der Waals surface area (Å²) in [5.41, 5.74) is 0. The maximum atomic E-state index is 10.8. The average molecular weight is 258 g/mol. The van der Waals surface area contributed by atoms with Gasteiger partial charge in [-0.1, -0.05) is 26.8 Å². The molecule has 0 amide bonds. The highest BCUT2D eigenvalue weighted by atomic mass is 28.3. The molecule has 0 aromatic rings. The normalized spacial score (nSPS) is 14.1. The van der Waals surface area contributed by atoms with Gasteiger partial charge in [0.15, 0.2) is 9.04 Å². The molecular weight excluding hydrogens is 232 g/mol. The number of carbonyl (C=O) groups excluding carboxylic acids is 1.